The van der Waals surface area contributed by atoms with Crippen molar-refractivity contribution in [3.05, 3.63) is 44.3 Å². The fraction of sp³-hybridized carbons (Fsp3) is 0. The van der Waals surface area contributed by atoms with Gasteiger partial charge in [0.2, 0.25) is 11.6 Å². The minimum Gasteiger partial charge on any atom is -0.285 e. The molecule has 3 rings (SSSR count). The predicted molar refractivity (Wildman–Crippen MR) is 68.0 cm³/mol. The molecule has 4 heteroatoms. The molecule has 0 fully saturated rings. The molecule has 1 aliphatic carbocycles. The van der Waals surface area contributed by atoms with E-state index in [4.69, 9.17) is 0 Å². The summed E-state index contributed by atoms with van der Waals surface area (Å²) in [5.41, 5.74) is 0.970. The lowest BCUT2D eigenvalue weighted by atomic mass is 10.1. The van der Waals surface area contributed by atoms with Crippen molar-refractivity contribution in [2.24, 2.45) is 0 Å². The summed E-state index contributed by atoms with van der Waals surface area (Å²) >= 11 is 6.63. The van der Waals surface area contributed by atoms with Crippen LogP contribution in [0.5, 0.6) is 0 Å². The Morgan fingerprint density at radius 1 is 0.750 bits per heavy atom. The summed E-state index contributed by atoms with van der Waals surface area (Å²) in [4.78, 5) is 23.7. The van der Waals surface area contributed by atoms with Crippen LogP contribution < -0.4 is 0 Å². The van der Waals surface area contributed by atoms with Crippen LogP contribution in [0.3, 0.4) is 0 Å². The number of rotatable bonds is 0. The van der Waals surface area contributed by atoms with Gasteiger partial charge in [0.1, 0.15) is 0 Å². The summed E-state index contributed by atoms with van der Waals surface area (Å²) in [5, 5.41) is 1.66. The molecular weight excluding hydrogens is 336 g/mol. The van der Waals surface area contributed by atoms with Gasteiger partial charge in [0.05, 0.1) is 0 Å². The van der Waals surface area contributed by atoms with Gasteiger partial charge in [0.15, 0.2) is 0 Å². The lowest BCUT2D eigenvalue weighted by Crippen LogP contribution is -2.07. The zero-order chi connectivity index (χ0) is 11.4. The second kappa shape index (κ2) is 3.25. The van der Waals surface area contributed by atoms with Crippen molar-refractivity contribution in [2.75, 3.05) is 0 Å². The maximum Gasteiger partial charge on any atom is 0.235 e. The maximum atomic E-state index is 11.8. The minimum absolute atomic E-state index is 0.431. The Morgan fingerprint density at radius 3 is 1.62 bits per heavy atom. The van der Waals surface area contributed by atoms with E-state index in [2.05, 4.69) is 31.9 Å². The van der Waals surface area contributed by atoms with Crippen molar-refractivity contribution >= 4 is 54.2 Å². The lowest BCUT2D eigenvalue weighted by Gasteiger charge is -2.02. The number of halogens is 2. The summed E-state index contributed by atoms with van der Waals surface area (Å²) in [5.74, 6) is -0.862. The third-order valence-corrected chi connectivity index (χ3v) is 4.07. The van der Waals surface area contributed by atoms with E-state index in [0.717, 1.165) is 10.8 Å². The van der Waals surface area contributed by atoms with Crippen molar-refractivity contribution in [2.45, 2.75) is 0 Å². The van der Waals surface area contributed by atoms with Crippen molar-refractivity contribution in [1.82, 2.24) is 0 Å². The summed E-state index contributed by atoms with van der Waals surface area (Å²) in [6.07, 6.45) is 0. The molecule has 0 saturated carbocycles. The van der Waals surface area contributed by atoms with Crippen molar-refractivity contribution < 1.29 is 9.59 Å². The first-order chi connectivity index (χ1) is 7.61. The highest BCUT2D eigenvalue weighted by atomic mass is 79.9. The van der Waals surface area contributed by atoms with Crippen LogP contribution in [0.1, 0.15) is 20.7 Å². The van der Waals surface area contributed by atoms with Crippen LogP contribution >= 0.6 is 31.9 Å². The number of carbonyl (C=O) groups is 2. The van der Waals surface area contributed by atoms with E-state index in [1.54, 1.807) is 12.1 Å². The van der Waals surface area contributed by atoms with Gasteiger partial charge in [0.25, 0.3) is 0 Å². The molecule has 0 atom stereocenters. The minimum atomic E-state index is -0.431. The van der Waals surface area contributed by atoms with Crippen LogP contribution in [0, 0.1) is 0 Å². The molecule has 0 radical (unpaired) electrons. The van der Waals surface area contributed by atoms with Crippen molar-refractivity contribution in [3.63, 3.8) is 0 Å². The summed E-state index contributed by atoms with van der Waals surface area (Å²) in [6.45, 7) is 0. The summed E-state index contributed by atoms with van der Waals surface area (Å²) in [6, 6.07) is 7.38. The van der Waals surface area contributed by atoms with Crippen LogP contribution in [-0.2, 0) is 0 Å². The molecule has 78 valence electrons. The van der Waals surface area contributed by atoms with Gasteiger partial charge < -0.3 is 0 Å². The highest BCUT2D eigenvalue weighted by Crippen LogP contribution is 2.38. The molecule has 0 aliphatic heterocycles. The number of hydrogen-bond donors (Lipinski definition) is 0. The first kappa shape index (κ1) is 10.2. The van der Waals surface area contributed by atoms with E-state index < -0.39 is 11.6 Å². The van der Waals surface area contributed by atoms with Crippen LogP contribution in [0.15, 0.2) is 33.2 Å². The van der Waals surface area contributed by atoms with E-state index in [-0.39, 0.29) is 0 Å². The monoisotopic (exact) mass is 338 g/mol. The zero-order valence-corrected chi connectivity index (χ0v) is 11.1. The van der Waals surface area contributed by atoms with Gasteiger partial charge in [-0.1, -0.05) is 44.0 Å². The Bertz CT molecular complexity index is 620. The van der Waals surface area contributed by atoms with Gasteiger partial charge in [-0.2, -0.15) is 0 Å². The molecule has 2 aromatic carbocycles. The number of carbonyl (C=O) groups excluding carboxylic acids is 2. The SMILES string of the molecule is O=C1C(=O)c2c(Br)ccc3ccc(Br)c1c23. The number of benzene rings is 2. The maximum absolute atomic E-state index is 11.8. The standard InChI is InChI=1S/C12H4Br2O2/c13-6-3-1-5-2-4-7(14)10-8(5)9(6)11(15)12(10)16/h1-4H. The highest BCUT2D eigenvalue weighted by molar-refractivity contribution is 9.11. The second-order valence-corrected chi connectivity index (χ2v) is 5.31. The smallest absolute Gasteiger partial charge is 0.235 e. The average molecular weight is 340 g/mol. The van der Waals surface area contributed by atoms with E-state index in [0.29, 0.717) is 20.1 Å². The van der Waals surface area contributed by atoms with E-state index in [9.17, 15) is 9.59 Å². The van der Waals surface area contributed by atoms with Crippen molar-refractivity contribution in [1.29, 1.82) is 0 Å². The Morgan fingerprint density at radius 2 is 1.19 bits per heavy atom. The number of Topliss-reactive ketones (excluding diaryl/α,β-unsaturated/α-hetero) is 2. The molecule has 0 spiro atoms. The van der Waals surface area contributed by atoms with E-state index in [1.165, 1.54) is 0 Å². The molecule has 0 saturated heterocycles. The Kier molecular flexibility index (Phi) is 2.06. The van der Waals surface area contributed by atoms with E-state index >= 15 is 0 Å². The number of ketones is 2. The van der Waals surface area contributed by atoms with Crippen LogP contribution in [0.2, 0.25) is 0 Å². The van der Waals surface area contributed by atoms with Gasteiger partial charge >= 0.3 is 0 Å². The van der Waals surface area contributed by atoms with Gasteiger partial charge in [-0.3, -0.25) is 9.59 Å². The molecule has 2 nitrogen and oxygen atoms in total. The van der Waals surface area contributed by atoms with Gasteiger partial charge in [0, 0.05) is 25.5 Å². The fourth-order valence-corrected chi connectivity index (χ4v) is 3.06. The molecule has 2 aromatic rings. The predicted octanol–water partition coefficient (Wildman–Crippen LogP) is 3.74. The summed E-state index contributed by atoms with van der Waals surface area (Å²) < 4.78 is 1.35. The summed E-state index contributed by atoms with van der Waals surface area (Å²) in [7, 11) is 0. The Hall–Kier alpha value is -1.00. The molecule has 0 bridgehead atoms. The molecule has 0 N–H and O–H groups in total. The first-order valence-electron chi connectivity index (χ1n) is 4.61. The Balaban J connectivity index is 2.64. The second-order valence-electron chi connectivity index (χ2n) is 3.60. The quantitative estimate of drug-likeness (QED) is 0.685. The van der Waals surface area contributed by atoms with Crippen LogP contribution in [-0.4, -0.2) is 11.6 Å². The van der Waals surface area contributed by atoms with Gasteiger partial charge in [-0.25, -0.2) is 0 Å². The zero-order valence-electron chi connectivity index (χ0n) is 7.88. The largest absolute Gasteiger partial charge is 0.285 e. The van der Waals surface area contributed by atoms with Crippen LogP contribution in [0.25, 0.3) is 10.8 Å². The molecule has 0 aromatic heterocycles. The molecule has 1 aliphatic rings. The topological polar surface area (TPSA) is 34.1 Å². The molecule has 0 unspecified atom stereocenters. The first-order valence-corrected chi connectivity index (χ1v) is 6.19. The van der Waals surface area contributed by atoms with Crippen molar-refractivity contribution in [3.8, 4) is 0 Å². The third-order valence-electron chi connectivity index (χ3n) is 2.75. The van der Waals surface area contributed by atoms with Gasteiger partial charge in [-0.05, 0) is 17.5 Å². The average Bonchev–Trinajstić information content (AvgIpc) is 2.53. The third kappa shape index (κ3) is 1.11. The molecule has 0 amide bonds. The number of hydrogen-bond acceptors (Lipinski definition) is 2. The van der Waals surface area contributed by atoms with Crippen LogP contribution in [0.4, 0.5) is 0 Å². The van der Waals surface area contributed by atoms with E-state index in [1.807, 2.05) is 12.1 Å². The highest BCUT2D eigenvalue weighted by Gasteiger charge is 2.34. The molecular formula is C12H4Br2O2. The fourth-order valence-electron chi connectivity index (χ4n) is 2.04. The molecule has 0 heterocycles. The lowest BCUT2D eigenvalue weighted by molar-refractivity contribution is 0.0824. The van der Waals surface area contributed by atoms with Gasteiger partial charge in [-0.15, -0.1) is 0 Å². The molecule has 16 heavy (non-hydrogen) atoms. The normalized spacial score (nSPS) is 13.9. The Labute approximate surface area is 108 Å².